The van der Waals surface area contributed by atoms with Crippen LogP contribution in [0.2, 0.25) is 0 Å². The third-order valence-corrected chi connectivity index (χ3v) is 6.05. The lowest BCUT2D eigenvalue weighted by Gasteiger charge is -2.33. The molecule has 5 nitrogen and oxygen atoms in total. The molecule has 1 unspecified atom stereocenters. The maximum absolute atomic E-state index is 5.34. The Morgan fingerprint density at radius 3 is 2.68 bits per heavy atom. The summed E-state index contributed by atoms with van der Waals surface area (Å²) in [5.74, 6) is 0.982. The number of hydrogen-bond acceptors (Lipinski definition) is 3. The second-order valence-electron chi connectivity index (χ2n) is 7.95. The summed E-state index contributed by atoms with van der Waals surface area (Å²) in [6.45, 7) is 10.5. The summed E-state index contributed by atoms with van der Waals surface area (Å²) in [5, 5.41) is 6.97. The number of nitrogens with zero attached hydrogens (tertiary/aromatic N) is 2. The van der Waals surface area contributed by atoms with Crippen molar-refractivity contribution in [2.24, 2.45) is 10.4 Å². The fourth-order valence-corrected chi connectivity index (χ4v) is 4.33. The Labute approximate surface area is 155 Å². The van der Waals surface area contributed by atoms with Gasteiger partial charge >= 0.3 is 0 Å². The van der Waals surface area contributed by atoms with E-state index < -0.39 is 0 Å². The molecule has 2 rings (SSSR count). The highest BCUT2D eigenvalue weighted by molar-refractivity contribution is 5.79. The molecular formula is C20H40N4O. The molecule has 0 bridgehead atoms. The van der Waals surface area contributed by atoms with Crippen molar-refractivity contribution in [2.45, 2.75) is 71.3 Å². The van der Waals surface area contributed by atoms with Gasteiger partial charge in [0, 0.05) is 45.9 Å². The summed E-state index contributed by atoms with van der Waals surface area (Å²) in [6, 6.07) is 0.728. The minimum atomic E-state index is 0.361. The van der Waals surface area contributed by atoms with Crippen molar-refractivity contribution in [3.8, 4) is 0 Å². The third-order valence-electron chi connectivity index (χ3n) is 6.05. The van der Waals surface area contributed by atoms with E-state index in [-0.39, 0.29) is 0 Å². The summed E-state index contributed by atoms with van der Waals surface area (Å²) in [5.41, 5.74) is 0.361. The Balaban J connectivity index is 1.82. The van der Waals surface area contributed by atoms with E-state index in [0.717, 1.165) is 51.2 Å². The van der Waals surface area contributed by atoms with Gasteiger partial charge in [0.2, 0.25) is 0 Å². The van der Waals surface area contributed by atoms with Crippen molar-refractivity contribution in [3.05, 3.63) is 0 Å². The van der Waals surface area contributed by atoms with Crippen LogP contribution in [0.15, 0.2) is 4.99 Å². The van der Waals surface area contributed by atoms with Crippen LogP contribution in [0.4, 0.5) is 0 Å². The molecule has 1 saturated heterocycles. The molecule has 2 aliphatic rings. The molecule has 0 aromatic carbocycles. The predicted octanol–water partition coefficient (Wildman–Crippen LogP) is 3.01. The highest BCUT2D eigenvalue weighted by Gasteiger charge is 2.33. The van der Waals surface area contributed by atoms with Gasteiger partial charge in [-0.15, -0.1) is 0 Å². The number of piperidine rings is 1. The summed E-state index contributed by atoms with van der Waals surface area (Å²) < 4.78 is 5.34. The molecule has 1 atom stereocenters. The summed E-state index contributed by atoms with van der Waals surface area (Å²) >= 11 is 0. The molecule has 0 radical (unpaired) electrons. The Morgan fingerprint density at radius 2 is 2.00 bits per heavy atom. The number of likely N-dealkylation sites (tertiary alicyclic amines) is 1. The van der Waals surface area contributed by atoms with Crippen LogP contribution in [0.1, 0.15) is 65.2 Å². The Morgan fingerprint density at radius 1 is 1.20 bits per heavy atom. The van der Waals surface area contributed by atoms with Crippen molar-refractivity contribution >= 4 is 5.96 Å². The smallest absolute Gasteiger partial charge is 0.191 e. The minimum Gasteiger partial charge on any atom is -0.385 e. The zero-order chi connectivity index (χ0) is 18.0. The molecule has 146 valence electrons. The number of aliphatic imine (C=N–C) groups is 1. The molecule has 2 fully saturated rings. The highest BCUT2D eigenvalue weighted by atomic mass is 16.5. The number of nitrogens with one attached hydrogen (secondary N) is 2. The quantitative estimate of drug-likeness (QED) is 0.495. The second-order valence-corrected chi connectivity index (χ2v) is 7.95. The van der Waals surface area contributed by atoms with Gasteiger partial charge in [0.05, 0.1) is 0 Å². The van der Waals surface area contributed by atoms with Crippen molar-refractivity contribution in [1.29, 1.82) is 0 Å². The molecular weight excluding hydrogens is 312 g/mol. The van der Waals surface area contributed by atoms with E-state index in [0.29, 0.717) is 5.41 Å². The van der Waals surface area contributed by atoms with Crippen molar-refractivity contribution in [3.63, 3.8) is 0 Å². The monoisotopic (exact) mass is 352 g/mol. The zero-order valence-electron chi connectivity index (χ0n) is 16.8. The first-order valence-electron chi connectivity index (χ1n) is 10.4. The standard InChI is InChI=1S/C20H40N4O/c1-4-21-19(22-13-15-24-14-8-5-9-18(24)2)23-17-20(12-16-25-3)10-6-7-11-20/h18H,4-17H2,1-3H3,(H2,21,22,23). The molecule has 1 saturated carbocycles. The van der Waals surface area contributed by atoms with Gasteiger partial charge in [-0.05, 0) is 57.9 Å². The van der Waals surface area contributed by atoms with E-state index in [4.69, 9.17) is 9.73 Å². The van der Waals surface area contributed by atoms with E-state index in [1.807, 2.05) is 0 Å². The van der Waals surface area contributed by atoms with Crippen LogP contribution in [-0.4, -0.2) is 63.3 Å². The first-order chi connectivity index (χ1) is 12.2. The molecule has 0 aromatic heterocycles. The molecule has 0 aromatic rings. The highest BCUT2D eigenvalue weighted by Crippen LogP contribution is 2.41. The van der Waals surface area contributed by atoms with Gasteiger partial charge in [-0.25, -0.2) is 0 Å². The van der Waals surface area contributed by atoms with Gasteiger partial charge in [-0.3, -0.25) is 9.89 Å². The van der Waals surface area contributed by atoms with E-state index in [1.165, 1.54) is 51.5 Å². The molecule has 0 spiro atoms. The van der Waals surface area contributed by atoms with E-state index in [1.54, 1.807) is 7.11 Å². The SMILES string of the molecule is CCNC(=NCC1(CCOC)CCCC1)NCCN1CCCCC1C. The van der Waals surface area contributed by atoms with Gasteiger partial charge in [0.1, 0.15) is 0 Å². The summed E-state index contributed by atoms with van der Waals surface area (Å²) in [7, 11) is 1.80. The second kappa shape index (κ2) is 11.0. The first-order valence-corrected chi connectivity index (χ1v) is 10.4. The topological polar surface area (TPSA) is 48.9 Å². The lowest BCUT2D eigenvalue weighted by Crippen LogP contribution is -2.45. The van der Waals surface area contributed by atoms with Gasteiger partial charge in [0.15, 0.2) is 5.96 Å². The van der Waals surface area contributed by atoms with Gasteiger partial charge in [-0.2, -0.15) is 0 Å². The number of hydrogen-bond donors (Lipinski definition) is 2. The number of rotatable bonds is 9. The number of methoxy groups -OCH3 is 1. The predicted molar refractivity (Wildman–Crippen MR) is 106 cm³/mol. The Kier molecular flexibility index (Phi) is 9.04. The Bertz CT molecular complexity index is 393. The molecule has 5 heteroatoms. The number of guanidine groups is 1. The maximum atomic E-state index is 5.34. The van der Waals surface area contributed by atoms with Crippen LogP contribution in [0.25, 0.3) is 0 Å². The molecule has 2 N–H and O–H groups in total. The minimum absolute atomic E-state index is 0.361. The molecule has 1 aliphatic carbocycles. The average molecular weight is 353 g/mol. The van der Waals surface area contributed by atoms with Crippen molar-refractivity contribution in [2.75, 3.05) is 46.4 Å². The average Bonchev–Trinajstić information content (AvgIpc) is 3.09. The largest absolute Gasteiger partial charge is 0.385 e. The van der Waals surface area contributed by atoms with Crippen LogP contribution in [-0.2, 0) is 4.74 Å². The van der Waals surface area contributed by atoms with Gasteiger partial charge in [-0.1, -0.05) is 19.3 Å². The van der Waals surface area contributed by atoms with Crippen molar-refractivity contribution in [1.82, 2.24) is 15.5 Å². The fourth-order valence-electron chi connectivity index (χ4n) is 4.33. The molecule has 25 heavy (non-hydrogen) atoms. The number of ether oxygens (including phenoxy) is 1. The van der Waals surface area contributed by atoms with Crippen LogP contribution in [0.3, 0.4) is 0 Å². The van der Waals surface area contributed by atoms with Crippen LogP contribution in [0, 0.1) is 5.41 Å². The van der Waals surface area contributed by atoms with E-state index >= 15 is 0 Å². The lowest BCUT2D eigenvalue weighted by atomic mass is 9.83. The van der Waals surface area contributed by atoms with E-state index in [2.05, 4.69) is 29.4 Å². The molecule has 0 amide bonds. The lowest BCUT2D eigenvalue weighted by molar-refractivity contribution is 0.141. The maximum Gasteiger partial charge on any atom is 0.191 e. The van der Waals surface area contributed by atoms with Crippen LogP contribution in [0.5, 0.6) is 0 Å². The van der Waals surface area contributed by atoms with E-state index in [9.17, 15) is 0 Å². The molecule has 1 heterocycles. The van der Waals surface area contributed by atoms with Gasteiger partial charge in [0.25, 0.3) is 0 Å². The fraction of sp³-hybridized carbons (Fsp3) is 0.950. The zero-order valence-corrected chi connectivity index (χ0v) is 16.8. The summed E-state index contributed by atoms with van der Waals surface area (Å²) in [4.78, 5) is 7.55. The Hall–Kier alpha value is -0.810. The van der Waals surface area contributed by atoms with Crippen LogP contribution >= 0.6 is 0 Å². The first kappa shape index (κ1) is 20.5. The third kappa shape index (κ3) is 6.78. The van der Waals surface area contributed by atoms with Crippen LogP contribution < -0.4 is 10.6 Å². The normalized spacial score (nSPS) is 24.4. The van der Waals surface area contributed by atoms with Crippen molar-refractivity contribution < 1.29 is 4.74 Å². The molecule has 1 aliphatic heterocycles. The van der Waals surface area contributed by atoms with Gasteiger partial charge < -0.3 is 15.4 Å². The summed E-state index contributed by atoms with van der Waals surface area (Å²) in [6.07, 6.45) is 10.5.